The maximum absolute atomic E-state index is 12.1. The molecule has 0 radical (unpaired) electrons. The molecule has 0 aliphatic carbocycles. The summed E-state index contributed by atoms with van der Waals surface area (Å²) in [5.74, 6) is -1.23. The number of ether oxygens (including phenoxy) is 1. The molecule has 1 heterocycles. The van der Waals surface area contributed by atoms with Crippen molar-refractivity contribution in [2.24, 2.45) is 5.92 Å². The number of amides is 1. The first-order valence-corrected chi connectivity index (χ1v) is 8.08. The number of carboxylic acid groups (broad SMARTS) is 1. The van der Waals surface area contributed by atoms with E-state index in [1.54, 1.807) is 6.92 Å². The standard InChI is InChI=1S/C19H22N2O4/c1-13(11-25-12-15-6-4-3-5-7-15)10-20-18(22)17-9-8-16(19(23)24)14(2)21-17/h3-9,13H,10-12H2,1-2H3,(H,20,22)(H,23,24). The average Bonchev–Trinajstić information content (AvgIpc) is 2.60. The SMILES string of the molecule is Cc1nc(C(=O)NCC(C)COCc2ccccc2)ccc1C(=O)O. The highest BCUT2D eigenvalue weighted by atomic mass is 16.5. The van der Waals surface area contributed by atoms with Gasteiger partial charge in [0.1, 0.15) is 5.69 Å². The van der Waals surface area contributed by atoms with Crippen LogP contribution < -0.4 is 5.32 Å². The summed E-state index contributed by atoms with van der Waals surface area (Å²) < 4.78 is 5.65. The minimum Gasteiger partial charge on any atom is -0.478 e. The van der Waals surface area contributed by atoms with Crippen LogP contribution >= 0.6 is 0 Å². The summed E-state index contributed by atoms with van der Waals surface area (Å²) in [6.45, 7) is 5.07. The molecule has 1 aromatic heterocycles. The number of benzene rings is 1. The molecule has 0 aliphatic rings. The van der Waals surface area contributed by atoms with Crippen molar-refractivity contribution in [3.63, 3.8) is 0 Å². The van der Waals surface area contributed by atoms with Crippen molar-refractivity contribution in [3.05, 3.63) is 65.0 Å². The molecule has 0 aliphatic heterocycles. The van der Waals surface area contributed by atoms with Gasteiger partial charge in [-0.3, -0.25) is 4.79 Å². The smallest absolute Gasteiger partial charge is 0.337 e. The van der Waals surface area contributed by atoms with Crippen molar-refractivity contribution in [3.8, 4) is 0 Å². The lowest BCUT2D eigenvalue weighted by Gasteiger charge is -2.13. The normalized spacial score (nSPS) is 11.8. The molecule has 6 nitrogen and oxygen atoms in total. The number of hydrogen-bond acceptors (Lipinski definition) is 4. The second-order valence-corrected chi connectivity index (χ2v) is 5.95. The Labute approximate surface area is 146 Å². The number of pyridine rings is 1. The fraction of sp³-hybridized carbons (Fsp3) is 0.316. The minimum absolute atomic E-state index is 0.0965. The molecule has 2 N–H and O–H groups in total. The van der Waals surface area contributed by atoms with Gasteiger partial charge in [-0.2, -0.15) is 0 Å². The molecule has 1 unspecified atom stereocenters. The second-order valence-electron chi connectivity index (χ2n) is 5.95. The van der Waals surface area contributed by atoms with E-state index in [0.717, 1.165) is 5.56 Å². The van der Waals surface area contributed by atoms with Gasteiger partial charge in [-0.25, -0.2) is 9.78 Å². The number of carbonyl (C=O) groups excluding carboxylic acids is 1. The summed E-state index contributed by atoms with van der Waals surface area (Å²) >= 11 is 0. The molecule has 2 aromatic rings. The van der Waals surface area contributed by atoms with Crippen LogP contribution in [0.4, 0.5) is 0 Å². The van der Waals surface area contributed by atoms with Gasteiger partial charge in [-0.1, -0.05) is 37.3 Å². The van der Waals surface area contributed by atoms with Crippen LogP contribution in [0.5, 0.6) is 0 Å². The van der Waals surface area contributed by atoms with E-state index < -0.39 is 5.97 Å². The number of aryl methyl sites for hydroxylation is 1. The van der Waals surface area contributed by atoms with Crippen molar-refractivity contribution in [1.82, 2.24) is 10.3 Å². The fourth-order valence-electron chi connectivity index (χ4n) is 2.28. The van der Waals surface area contributed by atoms with E-state index in [0.29, 0.717) is 25.5 Å². The Morgan fingerprint density at radius 2 is 1.92 bits per heavy atom. The van der Waals surface area contributed by atoms with E-state index in [9.17, 15) is 9.59 Å². The zero-order chi connectivity index (χ0) is 18.2. The third kappa shape index (κ3) is 5.69. The van der Waals surface area contributed by atoms with Gasteiger partial charge in [0.2, 0.25) is 0 Å². The van der Waals surface area contributed by atoms with E-state index in [1.165, 1.54) is 12.1 Å². The predicted molar refractivity (Wildman–Crippen MR) is 93.5 cm³/mol. The maximum Gasteiger partial charge on any atom is 0.337 e. The molecular weight excluding hydrogens is 320 g/mol. The molecule has 1 aromatic carbocycles. The molecule has 0 bridgehead atoms. The number of carboxylic acids is 1. The van der Waals surface area contributed by atoms with Crippen molar-refractivity contribution in [2.75, 3.05) is 13.2 Å². The van der Waals surface area contributed by atoms with Crippen LogP contribution in [0, 0.1) is 12.8 Å². The first-order valence-electron chi connectivity index (χ1n) is 8.08. The largest absolute Gasteiger partial charge is 0.478 e. The van der Waals surface area contributed by atoms with Crippen LogP contribution in [0.2, 0.25) is 0 Å². The quantitative estimate of drug-likeness (QED) is 0.770. The Hall–Kier alpha value is -2.73. The van der Waals surface area contributed by atoms with Gasteiger partial charge in [-0.05, 0) is 30.5 Å². The molecule has 0 spiro atoms. The van der Waals surface area contributed by atoms with E-state index in [4.69, 9.17) is 9.84 Å². The van der Waals surface area contributed by atoms with Crippen molar-refractivity contribution >= 4 is 11.9 Å². The summed E-state index contributed by atoms with van der Waals surface area (Å²) in [6, 6.07) is 12.7. The van der Waals surface area contributed by atoms with Crippen LogP contribution in [0.15, 0.2) is 42.5 Å². The number of aromatic carboxylic acids is 1. The highest BCUT2D eigenvalue weighted by molar-refractivity contribution is 5.94. The molecular formula is C19H22N2O4. The van der Waals surface area contributed by atoms with Gasteiger partial charge in [0.05, 0.1) is 24.5 Å². The lowest BCUT2D eigenvalue weighted by Crippen LogP contribution is -2.30. The molecule has 0 fully saturated rings. The Kier molecular flexibility index (Phi) is 6.65. The van der Waals surface area contributed by atoms with E-state index >= 15 is 0 Å². The molecule has 6 heteroatoms. The maximum atomic E-state index is 12.1. The van der Waals surface area contributed by atoms with E-state index in [1.807, 2.05) is 37.3 Å². The first kappa shape index (κ1) is 18.6. The number of nitrogens with one attached hydrogen (secondary N) is 1. The van der Waals surface area contributed by atoms with Gasteiger partial charge in [-0.15, -0.1) is 0 Å². The summed E-state index contributed by atoms with van der Waals surface area (Å²) in [6.07, 6.45) is 0. The Balaban J connectivity index is 1.77. The number of hydrogen-bond donors (Lipinski definition) is 2. The molecule has 2 rings (SSSR count). The molecule has 0 saturated heterocycles. The lowest BCUT2D eigenvalue weighted by molar-refractivity contribution is 0.0694. The van der Waals surface area contributed by atoms with Gasteiger partial charge < -0.3 is 15.2 Å². The zero-order valence-electron chi connectivity index (χ0n) is 14.4. The number of nitrogens with zero attached hydrogens (tertiary/aromatic N) is 1. The Morgan fingerprint density at radius 1 is 1.20 bits per heavy atom. The van der Waals surface area contributed by atoms with Crippen molar-refractivity contribution < 1.29 is 19.4 Å². The van der Waals surface area contributed by atoms with Gasteiger partial charge in [0, 0.05) is 6.54 Å². The van der Waals surface area contributed by atoms with Crippen molar-refractivity contribution in [2.45, 2.75) is 20.5 Å². The van der Waals surface area contributed by atoms with Crippen LogP contribution in [0.1, 0.15) is 39.0 Å². The third-order valence-corrected chi connectivity index (χ3v) is 3.67. The number of rotatable bonds is 8. The highest BCUT2D eigenvalue weighted by Crippen LogP contribution is 2.07. The molecule has 0 saturated carbocycles. The monoisotopic (exact) mass is 342 g/mol. The molecule has 25 heavy (non-hydrogen) atoms. The highest BCUT2D eigenvalue weighted by Gasteiger charge is 2.13. The topological polar surface area (TPSA) is 88.5 Å². The van der Waals surface area contributed by atoms with Gasteiger partial charge in [0.15, 0.2) is 0 Å². The summed E-state index contributed by atoms with van der Waals surface area (Å²) in [7, 11) is 0. The van der Waals surface area contributed by atoms with Crippen LogP contribution in [-0.2, 0) is 11.3 Å². The van der Waals surface area contributed by atoms with Crippen LogP contribution in [0.25, 0.3) is 0 Å². The Bertz CT molecular complexity index is 731. The molecule has 1 amide bonds. The number of aromatic nitrogens is 1. The Morgan fingerprint density at radius 3 is 2.56 bits per heavy atom. The van der Waals surface area contributed by atoms with E-state index in [-0.39, 0.29) is 23.1 Å². The summed E-state index contributed by atoms with van der Waals surface area (Å²) in [5, 5.41) is 11.8. The lowest BCUT2D eigenvalue weighted by atomic mass is 10.1. The predicted octanol–water partition coefficient (Wildman–Crippen LogP) is 2.67. The minimum atomic E-state index is -1.05. The number of carbonyl (C=O) groups is 2. The fourth-order valence-corrected chi connectivity index (χ4v) is 2.28. The average molecular weight is 342 g/mol. The second kappa shape index (κ2) is 8.94. The summed E-state index contributed by atoms with van der Waals surface area (Å²) in [5.41, 5.74) is 1.73. The summed E-state index contributed by atoms with van der Waals surface area (Å²) in [4.78, 5) is 27.1. The van der Waals surface area contributed by atoms with Crippen molar-refractivity contribution in [1.29, 1.82) is 0 Å². The third-order valence-electron chi connectivity index (χ3n) is 3.67. The first-order chi connectivity index (χ1) is 12.0. The van der Waals surface area contributed by atoms with Gasteiger partial charge in [0.25, 0.3) is 5.91 Å². The van der Waals surface area contributed by atoms with Gasteiger partial charge >= 0.3 is 5.97 Å². The van der Waals surface area contributed by atoms with Crippen LogP contribution in [-0.4, -0.2) is 35.1 Å². The molecule has 132 valence electrons. The molecule has 1 atom stereocenters. The van der Waals surface area contributed by atoms with Crippen LogP contribution in [0.3, 0.4) is 0 Å². The zero-order valence-corrected chi connectivity index (χ0v) is 14.4. The van der Waals surface area contributed by atoms with E-state index in [2.05, 4.69) is 10.3 Å².